The van der Waals surface area contributed by atoms with Gasteiger partial charge in [0, 0.05) is 22.3 Å². The molecular formula is C5H10OS. The van der Waals surface area contributed by atoms with Gasteiger partial charge in [0.1, 0.15) is 0 Å². The Morgan fingerprint density at radius 2 is 2.43 bits per heavy atom. The van der Waals surface area contributed by atoms with E-state index >= 15 is 0 Å². The van der Waals surface area contributed by atoms with Gasteiger partial charge >= 0.3 is 0 Å². The quantitative estimate of drug-likeness (QED) is 0.459. The van der Waals surface area contributed by atoms with Crippen molar-refractivity contribution in [3.8, 4) is 0 Å². The zero-order valence-electron chi connectivity index (χ0n) is 4.52. The molecule has 0 aliphatic carbocycles. The minimum absolute atomic E-state index is 0.453. The van der Waals surface area contributed by atoms with Gasteiger partial charge in [0.15, 0.2) is 0 Å². The summed E-state index contributed by atoms with van der Waals surface area (Å²) in [5, 5.41) is 0. The fourth-order valence-corrected chi connectivity index (χ4v) is 2.45. The van der Waals surface area contributed by atoms with Crippen LogP contribution in [0.1, 0.15) is 13.3 Å². The molecule has 0 aromatic rings. The summed E-state index contributed by atoms with van der Waals surface area (Å²) in [6.07, 6.45) is 1.17. The molecular weight excluding hydrogens is 108 g/mol. The zero-order chi connectivity index (χ0) is 5.28. The Balaban J connectivity index is 2.40. The second-order valence-corrected chi connectivity index (χ2v) is 3.83. The molecule has 0 spiro atoms. The summed E-state index contributed by atoms with van der Waals surface area (Å²) in [5.74, 6) is 2.61. The Morgan fingerprint density at radius 1 is 1.71 bits per heavy atom. The first-order chi connectivity index (χ1) is 3.29. The van der Waals surface area contributed by atoms with Gasteiger partial charge < -0.3 is 0 Å². The average Bonchev–Trinajstić information content (AvgIpc) is 1.87. The summed E-state index contributed by atoms with van der Waals surface area (Å²) in [6.45, 7) is 2.16. The van der Waals surface area contributed by atoms with Crippen LogP contribution in [0.15, 0.2) is 0 Å². The molecule has 1 heterocycles. The predicted molar refractivity (Wildman–Crippen MR) is 31.7 cm³/mol. The van der Waals surface area contributed by atoms with E-state index in [1.54, 1.807) is 0 Å². The average molecular weight is 118 g/mol. The SMILES string of the molecule is CC1CC[S@@](=O)C1. The van der Waals surface area contributed by atoms with Crippen LogP contribution in [0, 0.1) is 5.92 Å². The predicted octanol–water partition coefficient (Wildman–Crippen LogP) is 0.775. The van der Waals surface area contributed by atoms with E-state index in [1.807, 2.05) is 0 Å². The monoisotopic (exact) mass is 118 g/mol. The van der Waals surface area contributed by atoms with Gasteiger partial charge in [0.2, 0.25) is 0 Å². The van der Waals surface area contributed by atoms with Crippen LogP contribution in [0.3, 0.4) is 0 Å². The van der Waals surface area contributed by atoms with E-state index < -0.39 is 10.8 Å². The minimum atomic E-state index is -0.453. The lowest BCUT2D eigenvalue weighted by Gasteiger charge is -1.89. The Morgan fingerprint density at radius 3 is 2.57 bits per heavy atom. The van der Waals surface area contributed by atoms with Crippen LogP contribution in [0.25, 0.3) is 0 Å². The van der Waals surface area contributed by atoms with Gasteiger partial charge in [-0.3, -0.25) is 4.21 Å². The standard InChI is InChI=1S/C5H10OS/c1-5-2-3-7(6)4-5/h5H,2-4H2,1H3/t5?,7-/m1/s1. The first-order valence-corrected chi connectivity index (χ1v) is 4.13. The van der Waals surface area contributed by atoms with Crippen molar-refractivity contribution in [3.05, 3.63) is 0 Å². The van der Waals surface area contributed by atoms with E-state index in [-0.39, 0.29) is 0 Å². The largest absolute Gasteiger partial charge is 0.260 e. The molecule has 0 N–H and O–H groups in total. The molecule has 1 rings (SSSR count). The molecule has 1 nitrogen and oxygen atoms in total. The molecule has 0 bridgehead atoms. The Kier molecular flexibility index (Phi) is 1.47. The molecule has 0 aromatic carbocycles. The highest BCUT2D eigenvalue weighted by Gasteiger charge is 2.15. The van der Waals surface area contributed by atoms with Gasteiger partial charge in [-0.1, -0.05) is 6.92 Å². The van der Waals surface area contributed by atoms with E-state index in [9.17, 15) is 4.21 Å². The van der Waals surface area contributed by atoms with Gasteiger partial charge in [-0.05, 0) is 12.3 Å². The highest BCUT2D eigenvalue weighted by Crippen LogP contribution is 2.12. The molecule has 0 aromatic heterocycles. The lowest BCUT2D eigenvalue weighted by atomic mass is 10.2. The highest BCUT2D eigenvalue weighted by atomic mass is 32.2. The van der Waals surface area contributed by atoms with Crippen molar-refractivity contribution in [2.75, 3.05) is 11.5 Å². The summed E-state index contributed by atoms with van der Waals surface area (Å²) in [4.78, 5) is 0. The van der Waals surface area contributed by atoms with Crippen LogP contribution in [0.5, 0.6) is 0 Å². The van der Waals surface area contributed by atoms with Crippen molar-refractivity contribution in [3.63, 3.8) is 0 Å². The Bertz CT molecular complexity index is 90.1. The summed E-state index contributed by atoms with van der Waals surface area (Å²) < 4.78 is 10.6. The number of hydrogen-bond acceptors (Lipinski definition) is 1. The van der Waals surface area contributed by atoms with Crippen LogP contribution < -0.4 is 0 Å². The van der Waals surface area contributed by atoms with Crippen LogP contribution in [-0.2, 0) is 10.8 Å². The first kappa shape index (κ1) is 5.29. The van der Waals surface area contributed by atoms with Gasteiger partial charge in [-0.2, -0.15) is 0 Å². The van der Waals surface area contributed by atoms with Gasteiger partial charge in [0.05, 0.1) is 0 Å². The summed E-state index contributed by atoms with van der Waals surface area (Å²) >= 11 is 0. The molecule has 42 valence electrons. The van der Waals surface area contributed by atoms with E-state index in [0.717, 1.165) is 17.4 Å². The van der Waals surface area contributed by atoms with Crippen molar-refractivity contribution in [2.45, 2.75) is 13.3 Å². The summed E-state index contributed by atoms with van der Waals surface area (Å²) in [6, 6.07) is 0. The van der Waals surface area contributed by atoms with Crippen LogP contribution in [0.4, 0.5) is 0 Å². The molecule has 0 amide bonds. The zero-order valence-corrected chi connectivity index (χ0v) is 5.33. The van der Waals surface area contributed by atoms with Crippen molar-refractivity contribution in [1.29, 1.82) is 0 Å². The Labute approximate surface area is 46.6 Å². The molecule has 1 aliphatic heterocycles. The summed E-state index contributed by atoms with van der Waals surface area (Å²) in [7, 11) is -0.453. The second-order valence-electron chi connectivity index (χ2n) is 2.20. The van der Waals surface area contributed by atoms with E-state index in [1.165, 1.54) is 6.42 Å². The second kappa shape index (κ2) is 1.95. The molecule has 1 aliphatic rings. The molecule has 2 atom stereocenters. The van der Waals surface area contributed by atoms with Crippen LogP contribution in [0.2, 0.25) is 0 Å². The normalized spacial score (nSPS) is 41.9. The van der Waals surface area contributed by atoms with Crippen LogP contribution >= 0.6 is 0 Å². The fraction of sp³-hybridized carbons (Fsp3) is 1.00. The van der Waals surface area contributed by atoms with E-state index in [0.29, 0.717) is 0 Å². The lowest BCUT2D eigenvalue weighted by molar-refractivity contribution is 0.664. The molecule has 0 radical (unpaired) electrons. The molecule has 1 saturated heterocycles. The third kappa shape index (κ3) is 1.27. The topological polar surface area (TPSA) is 17.1 Å². The summed E-state index contributed by atoms with van der Waals surface area (Å²) in [5.41, 5.74) is 0. The third-order valence-corrected chi connectivity index (χ3v) is 2.94. The van der Waals surface area contributed by atoms with Gasteiger partial charge in [-0.15, -0.1) is 0 Å². The smallest absolute Gasteiger partial charge is 0.0260 e. The minimum Gasteiger partial charge on any atom is -0.260 e. The Hall–Kier alpha value is 0.150. The van der Waals surface area contributed by atoms with Crippen molar-refractivity contribution >= 4 is 10.8 Å². The van der Waals surface area contributed by atoms with Crippen LogP contribution in [-0.4, -0.2) is 15.7 Å². The first-order valence-electron chi connectivity index (χ1n) is 2.64. The van der Waals surface area contributed by atoms with Gasteiger partial charge in [-0.25, -0.2) is 0 Å². The van der Waals surface area contributed by atoms with Crippen molar-refractivity contribution < 1.29 is 4.21 Å². The van der Waals surface area contributed by atoms with E-state index in [2.05, 4.69) is 6.92 Å². The maximum atomic E-state index is 10.6. The van der Waals surface area contributed by atoms with E-state index in [4.69, 9.17) is 0 Å². The molecule has 7 heavy (non-hydrogen) atoms. The molecule has 1 fully saturated rings. The maximum absolute atomic E-state index is 10.6. The third-order valence-electron chi connectivity index (χ3n) is 1.31. The van der Waals surface area contributed by atoms with Gasteiger partial charge in [0.25, 0.3) is 0 Å². The number of rotatable bonds is 0. The lowest BCUT2D eigenvalue weighted by Crippen LogP contribution is -1.92. The molecule has 0 saturated carbocycles. The molecule has 2 heteroatoms. The highest BCUT2D eigenvalue weighted by molar-refractivity contribution is 7.85. The fourth-order valence-electron chi connectivity index (χ4n) is 0.817. The number of hydrogen-bond donors (Lipinski definition) is 0. The maximum Gasteiger partial charge on any atom is 0.0260 e. The molecule has 1 unspecified atom stereocenters. The van der Waals surface area contributed by atoms with Crippen molar-refractivity contribution in [1.82, 2.24) is 0 Å². The van der Waals surface area contributed by atoms with Crippen molar-refractivity contribution in [2.24, 2.45) is 5.92 Å².